The second-order valence-electron chi connectivity index (χ2n) is 6.43. The third kappa shape index (κ3) is 4.49. The first-order chi connectivity index (χ1) is 11.4. The normalized spacial score (nSPS) is 18.8. The van der Waals surface area contributed by atoms with Crippen molar-refractivity contribution in [3.05, 3.63) is 35.4 Å². The molecule has 25 heavy (non-hydrogen) atoms. The third-order valence-corrected chi connectivity index (χ3v) is 3.28. The van der Waals surface area contributed by atoms with E-state index in [4.69, 9.17) is 4.74 Å². The minimum Gasteiger partial charge on any atom is -0.443 e. The van der Waals surface area contributed by atoms with Crippen LogP contribution in [0.2, 0.25) is 0 Å². The van der Waals surface area contributed by atoms with Crippen molar-refractivity contribution in [1.29, 1.82) is 0 Å². The summed E-state index contributed by atoms with van der Waals surface area (Å²) in [5, 5.41) is 0. The summed E-state index contributed by atoms with van der Waals surface area (Å²) in [5.74, 6) is -0.880. The van der Waals surface area contributed by atoms with Crippen LogP contribution in [-0.2, 0) is 20.4 Å². The zero-order chi connectivity index (χ0) is 19.0. The van der Waals surface area contributed by atoms with Gasteiger partial charge in [0, 0.05) is 0 Å². The average molecular weight is 359 g/mol. The van der Waals surface area contributed by atoms with Crippen molar-refractivity contribution in [3.8, 4) is 0 Å². The van der Waals surface area contributed by atoms with Crippen molar-refractivity contribution in [2.45, 2.75) is 45.0 Å². The summed E-state index contributed by atoms with van der Waals surface area (Å²) in [7, 11) is 0. The molecule has 1 aromatic rings. The monoisotopic (exact) mass is 359 g/mol. The molecule has 1 aliphatic heterocycles. The second-order valence-corrected chi connectivity index (χ2v) is 6.43. The Balaban J connectivity index is 2.35. The van der Waals surface area contributed by atoms with Gasteiger partial charge in [0.15, 0.2) is 0 Å². The van der Waals surface area contributed by atoms with Gasteiger partial charge in [-0.25, -0.2) is 14.5 Å². The standard InChI is InChI=1S/C16H16F3NO5/c1-15(2,3)25-14(23)20-11(8-12(21)24-13(20)22)9-4-6-10(7-5-9)16(17,18)19/h4-7,11H,8H2,1-3H3. The number of ether oxygens (including phenoxy) is 2. The van der Waals surface area contributed by atoms with E-state index in [1.807, 2.05) is 0 Å². The molecule has 0 N–H and O–H groups in total. The number of carbonyl (C=O) groups is 3. The number of carbonyl (C=O) groups excluding carboxylic acids is 3. The number of halogens is 3. The lowest BCUT2D eigenvalue weighted by Crippen LogP contribution is -2.48. The maximum absolute atomic E-state index is 12.7. The van der Waals surface area contributed by atoms with E-state index in [9.17, 15) is 27.6 Å². The molecule has 2 rings (SSSR count). The molecule has 1 unspecified atom stereocenters. The van der Waals surface area contributed by atoms with Crippen LogP contribution in [0.25, 0.3) is 0 Å². The van der Waals surface area contributed by atoms with Crippen LogP contribution in [0, 0.1) is 0 Å². The van der Waals surface area contributed by atoms with Gasteiger partial charge in [0.05, 0.1) is 18.0 Å². The number of esters is 1. The van der Waals surface area contributed by atoms with Gasteiger partial charge in [0.25, 0.3) is 0 Å². The number of imide groups is 1. The van der Waals surface area contributed by atoms with Crippen LogP contribution in [0.5, 0.6) is 0 Å². The first-order valence-corrected chi connectivity index (χ1v) is 7.32. The Hall–Kier alpha value is -2.58. The smallest absolute Gasteiger partial charge is 0.427 e. The molecule has 9 heteroatoms. The lowest BCUT2D eigenvalue weighted by molar-refractivity contribution is -0.143. The predicted octanol–water partition coefficient (Wildman–Crippen LogP) is 4.05. The molecule has 136 valence electrons. The predicted molar refractivity (Wildman–Crippen MR) is 78.4 cm³/mol. The maximum Gasteiger partial charge on any atom is 0.427 e. The quantitative estimate of drug-likeness (QED) is 0.559. The Morgan fingerprint density at radius 1 is 1.16 bits per heavy atom. The summed E-state index contributed by atoms with van der Waals surface area (Å²) in [4.78, 5) is 36.3. The van der Waals surface area contributed by atoms with Gasteiger partial charge < -0.3 is 9.47 Å². The van der Waals surface area contributed by atoms with Gasteiger partial charge in [0.2, 0.25) is 0 Å². The minimum absolute atomic E-state index is 0.184. The molecule has 1 heterocycles. The fourth-order valence-electron chi connectivity index (χ4n) is 2.24. The Bertz CT molecular complexity index is 691. The number of benzene rings is 1. The van der Waals surface area contributed by atoms with Crippen LogP contribution in [0.4, 0.5) is 22.8 Å². The van der Waals surface area contributed by atoms with Crippen LogP contribution in [0.3, 0.4) is 0 Å². The number of rotatable bonds is 1. The lowest BCUT2D eigenvalue weighted by Gasteiger charge is -2.33. The highest BCUT2D eigenvalue weighted by Gasteiger charge is 2.42. The summed E-state index contributed by atoms with van der Waals surface area (Å²) in [5.41, 5.74) is -1.61. The molecule has 0 aromatic heterocycles. The van der Waals surface area contributed by atoms with E-state index in [-0.39, 0.29) is 12.0 Å². The van der Waals surface area contributed by atoms with Crippen LogP contribution in [0.1, 0.15) is 44.4 Å². The van der Waals surface area contributed by atoms with Gasteiger partial charge in [-0.15, -0.1) is 0 Å². The highest BCUT2D eigenvalue weighted by atomic mass is 19.4. The summed E-state index contributed by atoms with van der Waals surface area (Å²) < 4.78 is 47.5. The Kier molecular flexibility index (Phi) is 4.79. The van der Waals surface area contributed by atoms with Gasteiger partial charge in [0.1, 0.15) is 5.60 Å². The Morgan fingerprint density at radius 3 is 2.20 bits per heavy atom. The number of hydrogen-bond acceptors (Lipinski definition) is 5. The zero-order valence-corrected chi connectivity index (χ0v) is 13.7. The van der Waals surface area contributed by atoms with Crippen LogP contribution in [0.15, 0.2) is 24.3 Å². The van der Waals surface area contributed by atoms with Crippen LogP contribution in [-0.4, -0.2) is 28.7 Å². The van der Waals surface area contributed by atoms with Crippen LogP contribution >= 0.6 is 0 Å². The molecule has 1 fully saturated rings. The SMILES string of the molecule is CC(C)(C)OC(=O)N1C(=O)OC(=O)CC1c1ccc(C(F)(F)F)cc1. The molecule has 0 radical (unpaired) electrons. The fourth-order valence-corrected chi connectivity index (χ4v) is 2.24. The maximum atomic E-state index is 12.7. The Morgan fingerprint density at radius 2 is 1.72 bits per heavy atom. The van der Waals surface area contributed by atoms with Crippen molar-refractivity contribution in [3.63, 3.8) is 0 Å². The van der Waals surface area contributed by atoms with Gasteiger partial charge in [-0.3, -0.25) is 4.79 Å². The summed E-state index contributed by atoms with van der Waals surface area (Å²) in [6.45, 7) is 4.75. The van der Waals surface area contributed by atoms with Gasteiger partial charge in [-0.05, 0) is 38.5 Å². The third-order valence-electron chi connectivity index (χ3n) is 3.28. The van der Waals surface area contributed by atoms with Crippen molar-refractivity contribution in [1.82, 2.24) is 4.90 Å². The summed E-state index contributed by atoms with van der Waals surface area (Å²) in [6, 6.07) is 2.74. The Labute approximate surface area is 141 Å². The van der Waals surface area contributed by atoms with Crippen molar-refractivity contribution < 1.29 is 37.0 Å². The molecular weight excluding hydrogens is 343 g/mol. The number of nitrogens with zero attached hydrogens (tertiary/aromatic N) is 1. The van der Waals surface area contributed by atoms with E-state index in [1.165, 1.54) is 0 Å². The van der Waals surface area contributed by atoms with Crippen molar-refractivity contribution >= 4 is 18.2 Å². The second kappa shape index (κ2) is 6.38. The molecule has 1 saturated heterocycles. The average Bonchev–Trinajstić information content (AvgIpc) is 2.43. The van der Waals surface area contributed by atoms with Crippen molar-refractivity contribution in [2.24, 2.45) is 0 Å². The van der Waals surface area contributed by atoms with E-state index in [1.54, 1.807) is 20.8 Å². The van der Waals surface area contributed by atoms with Gasteiger partial charge in [-0.1, -0.05) is 12.1 Å². The van der Waals surface area contributed by atoms with Crippen LogP contribution < -0.4 is 0 Å². The molecule has 1 atom stereocenters. The fraction of sp³-hybridized carbons (Fsp3) is 0.438. The van der Waals surface area contributed by atoms with E-state index >= 15 is 0 Å². The molecule has 0 spiro atoms. The zero-order valence-electron chi connectivity index (χ0n) is 13.7. The molecule has 6 nitrogen and oxygen atoms in total. The number of hydrogen-bond donors (Lipinski definition) is 0. The number of amides is 2. The largest absolute Gasteiger partial charge is 0.443 e. The molecule has 0 saturated carbocycles. The van der Waals surface area contributed by atoms with Gasteiger partial charge >= 0.3 is 24.3 Å². The molecule has 0 aliphatic carbocycles. The van der Waals surface area contributed by atoms with E-state index in [0.29, 0.717) is 4.90 Å². The molecule has 1 aromatic carbocycles. The first-order valence-electron chi connectivity index (χ1n) is 7.32. The highest BCUT2D eigenvalue weighted by Crippen LogP contribution is 2.34. The van der Waals surface area contributed by atoms with E-state index in [2.05, 4.69) is 4.74 Å². The summed E-state index contributed by atoms with van der Waals surface area (Å²) >= 11 is 0. The van der Waals surface area contributed by atoms with Gasteiger partial charge in [-0.2, -0.15) is 13.2 Å². The van der Waals surface area contributed by atoms with Crippen molar-refractivity contribution in [2.75, 3.05) is 0 Å². The number of alkyl halides is 3. The first kappa shape index (κ1) is 18.8. The molecule has 2 amide bonds. The molecular formula is C16H16F3NO5. The number of cyclic esters (lactones) is 2. The summed E-state index contributed by atoms with van der Waals surface area (Å²) in [6.07, 6.45) is -7.17. The minimum atomic E-state index is -4.52. The molecule has 0 bridgehead atoms. The highest BCUT2D eigenvalue weighted by molar-refractivity contribution is 5.97. The lowest BCUT2D eigenvalue weighted by atomic mass is 10.00. The van der Waals surface area contributed by atoms with E-state index < -0.39 is 41.5 Å². The topological polar surface area (TPSA) is 72.9 Å². The molecule has 1 aliphatic rings. The van der Waals surface area contributed by atoms with E-state index in [0.717, 1.165) is 24.3 Å².